The first-order valence-corrected chi connectivity index (χ1v) is 13.1. The lowest BCUT2D eigenvalue weighted by molar-refractivity contribution is 0.0952. The van der Waals surface area contributed by atoms with Crippen LogP contribution < -0.4 is 21.3 Å². The minimum Gasteiger partial charge on any atom is -0.384 e. The van der Waals surface area contributed by atoms with Crippen LogP contribution in [0.1, 0.15) is 21.5 Å². The number of anilines is 1. The molecule has 2 heterocycles. The van der Waals surface area contributed by atoms with Crippen LogP contribution in [0.3, 0.4) is 0 Å². The number of hydrazine groups is 1. The van der Waals surface area contributed by atoms with Gasteiger partial charge in [-0.1, -0.05) is 36.4 Å². The van der Waals surface area contributed by atoms with E-state index in [1.165, 1.54) is 6.07 Å². The monoisotopic (exact) mass is 527 g/mol. The number of fused-ring (bicyclic) bond motifs is 2. The van der Waals surface area contributed by atoms with Gasteiger partial charge in [-0.2, -0.15) is 0 Å². The van der Waals surface area contributed by atoms with Crippen molar-refractivity contribution in [2.24, 2.45) is 12.8 Å². The molecular formula is C27H25N7O3S. The third-order valence-electron chi connectivity index (χ3n) is 6.21. The lowest BCUT2D eigenvalue weighted by Gasteiger charge is -2.12. The summed E-state index contributed by atoms with van der Waals surface area (Å²) < 4.78 is 28.0. The number of nitrogens with one attached hydrogen (secondary N) is 4. The Morgan fingerprint density at radius 3 is 2.61 bits per heavy atom. The van der Waals surface area contributed by atoms with E-state index in [9.17, 15) is 13.2 Å². The van der Waals surface area contributed by atoms with Crippen LogP contribution in [0.25, 0.3) is 21.7 Å². The molecule has 2 aromatic heterocycles. The zero-order chi connectivity index (χ0) is 26.9. The van der Waals surface area contributed by atoms with Crippen molar-refractivity contribution >= 4 is 49.1 Å². The molecule has 3 aromatic carbocycles. The van der Waals surface area contributed by atoms with Gasteiger partial charge in [0.05, 0.1) is 16.1 Å². The molecule has 0 saturated carbocycles. The molecule has 6 N–H and O–H groups in total. The Balaban J connectivity index is 1.34. The molecule has 5 aromatic rings. The SMILES string of the molecule is Cn1cc(C(=O)NCc2ccc(C(=N)N)cc2)c2cc(NNS(=O)(=O)c3cccc4cnccc34)ccc21. The maximum Gasteiger partial charge on any atom is 0.257 e. The first kappa shape index (κ1) is 24.9. The Morgan fingerprint density at radius 1 is 1.05 bits per heavy atom. The summed E-state index contributed by atoms with van der Waals surface area (Å²) in [7, 11) is -2.06. The summed E-state index contributed by atoms with van der Waals surface area (Å²) in [5, 5.41) is 12.3. The van der Waals surface area contributed by atoms with Crippen LogP contribution >= 0.6 is 0 Å². The standard InChI is InChI=1S/C27H25N7O3S/c1-34-16-23(27(35)31-14-17-5-7-18(8-6-17)26(28)29)22-13-20(9-10-24(22)34)32-33-38(36,37)25-4-2-3-19-15-30-12-11-21(19)25/h2-13,15-16,32-33H,14H2,1H3,(H3,28,29)(H,31,35). The van der Waals surface area contributed by atoms with Crippen LogP contribution in [0, 0.1) is 5.41 Å². The fourth-order valence-electron chi connectivity index (χ4n) is 4.24. The number of nitrogens with two attached hydrogens (primary N) is 1. The van der Waals surface area contributed by atoms with Gasteiger partial charge in [0.1, 0.15) is 5.84 Å². The number of amides is 1. The average molecular weight is 528 g/mol. The van der Waals surface area contributed by atoms with Gasteiger partial charge in [-0.05, 0) is 35.9 Å². The van der Waals surface area contributed by atoms with Crippen LogP contribution in [0.4, 0.5) is 5.69 Å². The molecule has 0 aliphatic rings. The smallest absolute Gasteiger partial charge is 0.257 e. The average Bonchev–Trinajstić information content (AvgIpc) is 3.26. The number of sulfonamides is 1. The highest BCUT2D eigenvalue weighted by atomic mass is 32.2. The molecule has 5 rings (SSSR count). The Kier molecular flexibility index (Phi) is 6.53. The van der Waals surface area contributed by atoms with E-state index in [0.717, 1.165) is 11.1 Å². The van der Waals surface area contributed by atoms with E-state index in [4.69, 9.17) is 11.1 Å². The molecule has 192 valence electrons. The molecule has 0 unspecified atom stereocenters. The summed E-state index contributed by atoms with van der Waals surface area (Å²) in [6.07, 6.45) is 4.89. The van der Waals surface area contributed by atoms with Crippen molar-refractivity contribution in [1.82, 2.24) is 19.7 Å². The second-order valence-corrected chi connectivity index (χ2v) is 10.4. The predicted molar refractivity (Wildman–Crippen MR) is 147 cm³/mol. The molecule has 10 nitrogen and oxygen atoms in total. The van der Waals surface area contributed by atoms with Gasteiger partial charge >= 0.3 is 0 Å². The van der Waals surface area contributed by atoms with E-state index in [2.05, 4.69) is 20.6 Å². The lowest BCUT2D eigenvalue weighted by Crippen LogP contribution is -2.29. The zero-order valence-corrected chi connectivity index (χ0v) is 21.2. The van der Waals surface area contributed by atoms with Crippen LogP contribution in [0.2, 0.25) is 0 Å². The molecule has 0 saturated heterocycles. The number of aryl methyl sites for hydroxylation is 1. The first-order valence-electron chi connectivity index (χ1n) is 11.6. The molecule has 0 aliphatic carbocycles. The lowest BCUT2D eigenvalue weighted by atomic mass is 10.1. The Morgan fingerprint density at radius 2 is 1.84 bits per heavy atom. The number of carbonyl (C=O) groups excluding carboxylic acids is 1. The predicted octanol–water partition coefficient (Wildman–Crippen LogP) is 3.25. The number of rotatable bonds is 8. The van der Waals surface area contributed by atoms with E-state index < -0.39 is 10.0 Å². The molecular weight excluding hydrogens is 502 g/mol. The van der Waals surface area contributed by atoms with Crippen LogP contribution in [0.15, 0.2) is 90.2 Å². The quantitative estimate of drug-likeness (QED) is 0.119. The largest absolute Gasteiger partial charge is 0.384 e. The van der Waals surface area contributed by atoms with E-state index in [1.807, 2.05) is 17.7 Å². The van der Waals surface area contributed by atoms with Gasteiger partial charge in [-0.3, -0.25) is 15.2 Å². The Bertz CT molecular complexity index is 1790. The number of amidine groups is 1. The molecule has 0 bridgehead atoms. The summed E-state index contributed by atoms with van der Waals surface area (Å²) in [6, 6.07) is 19.0. The third-order valence-corrected chi connectivity index (χ3v) is 7.52. The van der Waals surface area contributed by atoms with E-state index in [1.54, 1.807) is 73.2 Å². The van der Waals surface area contributed by atoms with Crippen molar-refractivity contribution < 1.29 is 13.2 Å². The van der Waals surface area contributed by atoms with Gasteiger partial charge in [0, 0.05) is 59.4 Å². The van der Waals surface area contributed by atoms with E-state index >= 15 is 0 Å². The third kappa shape index (κ3) is 4.92. The normalized spacial score (nSPS) is 11.5. The van der Waals surface area contributed by atoms with E-state index in [-0.39, 0.29) is 16.6 Å². The molecule has 38 heavy (non-hydrogen) atoms. The summed E-state index contributed by atoms with van der Waals surface area (Å²) in [5.41, 5.74) is 11.5. The zero-order valence-electron chi connectivity index (χ0n) is 20.4. The highest BCUT2D eigenvalue weighted by Gasteiger charge is 2.18. The number of nitrogen functional groups attached to an aromatic ring is 1. The number of hydrogen-bond acceptors (Lipinski definition) is 6. The first-order chi connectivity index (χ1) is 18.2. The maximum atomic E-state index is 13.1. The topological polar surface area (TPSA) is 155 Å². The molecule has 0 atom stereocenters. The number of carbonyl (C=O) groups is 1. The highest BCUT2D eigenvalue weighted by Crippen LogP contribution is 2.25. The number of aromatic nitrogens is 2. The van der Waals surface area contributed by atoms with Gasteiger partial charge in [0.25, 0.3) is 15.9 Å². The molecule has 1 amide bonds. The van der Waals surface area contributed by atoms with Crippen molar-refractivity contribution in [3.63, 3.8) is 0 Å². The Hall–Kier alpha value is -4.74. The van der Waals surface area contributed by atoms with Crippen LogP contribution in [0.5, 0.6) is 0 Å². The summed E-state index contributed by atoms with van der Waals surface area (Å²) in [5.74, 6) is -0.286. The second kappa shape index (κ2) is 9.96. The van der Waals surface area contributed by atoms with Crippen LogP contribution in [-0.4, -0.2) is 29.7 Å². The number of nitrogens with zero attached hydrogens (tertiary/aromatic N) is 2. The van der Waals surface area contributed by atoms with Gasteiger partial charge in [-0.25, -0.2) is 8.42 Å². The minimum atomic E-state index is -3.90. The second-order valence-electron chi connectivity index (χ2n) is 8.76. The van der Waals surface area contributed by atoms with Gasteiger partial charge in [0.15, 0.2) is 0 Å². The van der Waals surface area contributed by atoms with Crippen molar-refractivity contribution in [2.75, 3.05) is 5.43 Å². The maximum absolute atomic E-state index is 13.1. The molecule has 0 fully saturated rings. The summed E-state index contributed by atoms with van der Waals surface area (Å²) >= 11 is 0. The molecule has 0 aliphatic heterocycles. The highest BCUT2D eigenvalue weighted by molar-refractivity contribution is 7.89. The van der Waals surface area contributed by atoms with Gasteiger partial charge < -0.3 is 21.0 Å². The number of hydrogen-bond donors (Lipinski definition) is 5. The van der Waals surface area contributed by atoms with Crippen LogP contribution in [-0.2, 0) is 23.6 Å². The summed E-state index contributed by atoms with van der Waals surface area (Å²) in [6.45, 7) is 0.297. The fraction of sp³-hybridized carbons (Fsp3) is 0.0741. The molecule has 0 spiro atoms. The van der Waals surface area contributed by atoms with Crippen molar-refractivity contribution in [3.8, 4) is 0 Å². The van der Waals surface area contributed by atoms with Crippen molar-refractivity contribution in [3.05, 3.63) is 102 Å². The van der Waals surface area contributed by atoms with Gasteiger partial charge in [0.2, 0.25) is 0 Å². The number of pyridine rings is 1. The molecule has 11 heteroatoms. The van der Waals surface area contributed by atoms with Crippen molar-refractivity contribution in [2.45, 2.75) is 11.4 Å². The Labute approximate surface area is 219 Å². The van der Waals surface area contributed by atoms with E-state index in [0.29, 0.717) is 39.5 Å². The molecule has 0 radical (unpaired) electrons. The fourth-order valence-corrected chi connectivity index (χ4v) is 5.33. The summed E-state index contributed by atoms with van der Waals surface area (Å²) in [4.78, 5) is 19.6. The van der Waals surface area contributed by atoms with Crippen molar-refractivity contribution in [1.29, 1.82) is 5.41 Å². The minimum absolute atomic E-state index is 0.0162. The number of benzene rings is 3. The van der Waals surface area contributed by atoms with Gasteiger partial charge in [-0.15, -0.1) is 4.83 Å².